The van der Waals surface area contributed by atoms with Gasteiger partial charge in [-0.1, -0.05) is 12.1 Å². The fourth-order valence-electron chi connectivity index (χ4n) is 2.10. The molecule has 104 valence electrons. The summed E-state index contributed by atoms with van der Waals surface area (Å²) in [6, 6.07) is 9.73. The average molecular weight is 269 g/mol. The van der Waals surface area contributed by atoms with Crippen molar-refractivity contribution in [2.45, 2.75) is 6.54 Å². The van der Waals surface area contributed by atoms with Gasteiger partial charge in [-0.3, -0.25) is 5.10 Å². The molecule has 1 aromatic carbocycles. The third kappa shape index (κ3) is 3.44. The molecule has 5 heteroatoms. The maximum Gasteiger partial charge on any atom is 0.0991 e. The van der Waals surface area contributed by atoms with Crippen LogP contribution in [-0.4, -0.2) is 42.3 Å². The summed E-state index contributed by atoms with van der Waals surface area (Å²) in [5, 5.41) is 19.3. The molecule has 2 rings (SSSR count). The van der Waals surface area contributed by atoms with Gasteiger partial charge in [0.1, 0.15) is 0 Å². The predicted molar refractivity (Wildman–Crippen MR) is 79.0 cm³/mol. The molecule has 0 spiro atoms. The Labute approximate surface area is 119 Å². The van der Waals surface area contributed by atoms with Gasteiger partial charge in [-0.05, 0) is 26.2 Å². The molecule has 20 heavy (non-hydrogen) atoms. The number of H-pyrrole nitrogens is 1. The summed E-state index contributed by atoms with van der Waals surface area (Å²) in [6.07, 6.45) is 1.85. The Morgan fingerprint density at radius 2 is 2.30 bits per heavy atom. The Balaban J connectivity index is 2.18. The minimum atomic E-state index is 0.659. The lowest BCUT2D eigenvalue weighted by atomic mass is 10.1. The molecular weight excluding hydrogens is 250 g/mol. The molecule has 2 N–H and O–H groups in total. The van der Waals surface area contributed by atoms with Crippen LogP contribution in [-0.2, 0) is 6.54 Å². The minimum absolute atomic E-state index is 0.659. The number of rotatable bonds is 6. The van der Waals surface area contributed by atoms with E-state index in [4.69, 9.17) is 5.26 Å². The minimum Gasteiger partial charge on any atom is -0.318 e. The summed E-state index contributed by atoms with van der Waals surface area (Å²) in [4.78, 5) is 2.24. The molecule has 0 atom stereocenters. The van der Waals surface area contributed by atoms with Gasteiger partial charge in [-0.25, -0.2) is 0 Å². The highest BCUT2D eigenvalue weighted by Crippen LogP contribution is 2.22. The van der Waals surface area contributed by atoms with Crippen LogP contribution < -0.4 is 5.32 Å². The lowest BCUT2D eigenvalue weighted by Crippen LogP contribution is -2.26. The molecule has 0 saturated heterocycles. The standard InChI is InChI=1S/C15H19N5/c1-17-6-7-20(2)11-14-10-18-19-15(14)13-5-3-4-12(8-13)9-16/h3-5,8,10,17H,6-7,11H2,1-2H3,(H,18,19). The van der Waals surface area contributed by atoms with Crippen molar-refractivity contribution in [3.63, 3.8) is 0 Å². The van der Waals surface area contributed by atoms with E-state index < -0.39 is 0 Å². The lowest BCUT2D eigenvalue weighted by Gasteiger charge is -2.16. The number of aromatic amines is 1. The number of hydrogen-bond acceptors (Lipinski definition) is 4. The van der Waals surface area contributed by atoms with Crippen molar-refractivity contribution < 1.29 is 0 Å². The van der Waals surface area contributed by atoms with Crippen molar-refractivity contribution in [3.8, 4) is 17.3 Å². The topological polar surface area (TPSA) is 67.7 Å². The zero-order valence-corrected chi connectivity index (χ0v) is 11.8. The quantitative estimate of drug-likeness (QED) is 0.836. The van der Waals surface area contributed by atoms with Crippen LogP contribution in [0.3, 0.4) is 0 Å². The van der Waals surface area contributed by atoms with Gasteiger partial charge in [0.2, 0.25) is 0 Å². The molecule has 0 aliphatic rings. The van der Waals surface area contributed by atoms with E-state index in [-0.39, 0.29) is 0 Å². The molecule has 0 amide bonds. The van der Waals surface area contributed by atoms with Crippen LogP contribution in [0.25, 0.3) is 11.3 Å². The fraction of sp³-hybridized carbons (Fsp3) is 0.333. The highest BCUT2D eigenvalue weighted by Gasteiger charge is 2.10. The van der Waals surface area contributed by atoms with Crippen LogP contribution in [0.4, 0.5) is 0 Å². The normalized spacial score (nSPS) is 10.7. The van der Waals surface area contributed by atoms with E-state index in [1.54, 1.807) is 6.07 Å². The van der Waals surface area contributed by atoms with Gasteiger partial charge >= 0.3 is 0 Å². The van der Waals surface area contributed by atoms with Crippen LogP contribution in [0.5, 0.6) is 0 Å². The van der Waals surface area contributed by atoms with Crippen molar-refractivity contribution in [2.24, 2.45) is 0 Å². The Morgan fingerprint density at radius 3 is 3.05 bits per heavy atom. The molecule has 0 aliphatic heterocycles. The van der Waals surface area contributed by atoms with Crippen molar-refractivity contribution >= 4 is 0 Å². The van der Waals surface area contributed by atoms with Crippen molar-refractivity contribution in [3.05, 3.63) is 41.6 Å². The highest BCUT2D eigenvalue weighted by atomic mass is 15.1. The molecule has 0 unspecified atom stereocenters. The van der Waals surface area contributed by atoms with Gasteiger partial charge < -0.3 is 10.2 Å². The molecule has 1 aromatic heterocycles. The zero-order valence-electron chi connectivity index (χ0n) is 11.8. The summed E-state index contributed by atoms with van der Waals surface area (Å²) in [5.41, 5.74) is 3.78. The SMILES string of the molecule is CNCCN(C)Cc1cn[nH]c1-c1cccc(C#N)c1. The second-order valence-corrected chi connectivity index (χ2v) is 4.80. The van der Waals surface area contributed by atoms with E-state index in [1.165, 1.54) is 0 Å². The number of likely N-dealkylation sites (N-methyl/N-ethyl adjacent to an activating group) is 2. The van der Waals surface area contributed by atoms with Gasteiger partial charge in [-0.15, -0.1) is 0 Å². The molecule has 0 fully saturated rings. The summed E-state index contributed by atoms with van der Waals surface area (Å²) in [5.74, 6) is 0. The number of nitrogens with zero attached hydrogens (tertiary/aromatic N) is 3. The summed E-state index contributed by atoms with van der Waals surface area (Å²) in [7, 11) is 4.03. The molecule has 0 radical (unpaired) electrons. The second-order valence-electron chi connectivity index (χ2n) is 4.80. The van der Waals surface area contributed by atoms with Crippen molar-refractivity contribution in [1.82, 2.24) is 20.4 Å². The van der Waals surface area contributed by atoms with Crippen molar-refractivity contribution in [2.75, 3.05) is 27.2 Å². The summed E-state index contributed by atoms with van der Waals surface area (Å²) in [6.45, 7) is 2.75. The fourth-order valence-corrected chi connectivity index (χ4v) is 2.10. The monoisotopic (exact) mass is 269 g/mol. The average Bonchev–Trinajstić information content (AvgIpc) is 2.93. The van der Waals surface area contributed by atoms with Gasteiger partial charge in [0, 0.05) is 30.8 Å². The third-order valence-corrected chi connectivity index (χ3v) is 3.18. The Bertz CT molecular complexity index is 596. The number of aromatic nitrogens is 2. The van der Waals surface area contributed by atoms with E-state index in [2.05, 4.69) is 33.5 Å². The van der Waals surface area contributed by atoms with Gasteiger partial charge in [0.15, 0.2) is 0 Å². The summed E-state index contributed by atoms with van der Waals surface area (Å²) < 4.78 is 0. The van der Waals surface area contributed by atoms with Crippen LogP contribution in [0, 0.1) is 11.3 Å². The highest BCUT2D eigenvalue weighted by molar-refractivity contribution is 5.64. The van der Waals surface area contributed by atoms with Gasteiger partial charge in [0.25, 0.3) is 0 Å². The van der Waals surface area contributed by atoms with Crippen LogP contribution in [0.15, 0.2) is 30.5 Å². The van der Waals surface area contributed by atoms with Gasteiger partial charge in [0.05, 0.1) is 23.5 Å². The molecule has 5 nitrogen and oxygen atoms in total. The van der Waals surface area contributed by atoms with Crippen LogP contribution in [0.1, 0.15) is 11.1 Å². The molecular formula is C15H19N5. The smallest absolute Gasteiger partial charge is 0.0991 e. The molecule has 0 saturated carbocycles. The first kappa shape index (κ1) is 14.3. The zero-order chi connectivity index (χ0) is 14.4. The molecule has 1 heterocycles. The Hall–Kier alpha value is -2.16. The maximum atomic E-state index is 8.98. The maximum absolute atomic E-state index is 8.98. The largest absolute Gasteiger partial charge is 0.318 e. The molecule has 2 aromatic rings. The van der Waals surface area contributed by atoms with Crippen LogP contribution >= 0.6 is 0 Å². The van der Waals surface area contributed by atoms with Crippen LogP contribution in [0.2, 0.25) is 0 Å². The first-order valence-corrected chi connectivity index (χ1v) is 6.60. The Morgan fingerprint density at radius 1 is 1.45 bits per heavy atom. The number of nitriles is 1. The van der Waals surface area contributed by atoms with E-state index in [0.717, 1.165) is 36.5 Å². The number of hydrogen-bond donors (Lipinski definition) is 2. The first-order valence-electron chi connectivity index (χ1n) is 6.60. The lowest BCUT2D eigenvalue weighted by molar-refractivity contribution is 0.328. The first-order chi connectivity index (χ1) is 9.74. The van der Waals surface area contributed by atoms with E-state index in [9.17, 15) is 0 Å². The van der Waals surface area contributed by atoms with E-state index in [0.29, 0.717) is 5.56 Å². The Kier molecular flexibility index (Phi) is 4.88. The molecule has 0 aliphatic carbocycles. The van der Waals surface area contributed by atoms with Crippen molar-refractivity contribution in [1.29, 1.82) is 5.26 Å². The second kappa shape index (κ2) is 6.85. The van der Waals surface area contributed by atoms with Gasteiger partial charge in [-0.2, -0.15) is 10.4 Å². The summed E-state index contributed by atoms with van der Waals surface area (Å²) >= 11 is 0. The number of nitrogens with one attached hydrogen (secondary N) is 2. The van der Waals surface area contributed by atoms with E-state index >= 15 is 0 Å². The molecule has 0 bridgehead atoms. The predicted octanol–water partition coefficient (Wildman–Crippen LogP) is 1.60. The van der Waals surface area contributed by atoms with E-state index in [1.807, 2.05) is 31.4 Å². The third-order valence-electron chi connectivity index (χ3n) is 3.18. The number of benzene rings is 1.